The largest absolute Gasteiger partial charge is 0.480 e. The van der Waals surface area contributed by atoms with Gasteiger partial charge >= 0.3 is 5.97 Å². The van der Waals surface area contributed by atoms with Crippen LogP contribution in [-0.4, -0.2) is 20.6 Å². The molecule has 0 amide bonds. The van der Waals surface area contributed by atoms with Crippen molar-refractivity contribution in [3.63, 3.8) is 0 Å². The molecule has 0 radical (unpaired) electrons. The summed E-state index contributed by atoms with van der Waals surface area (Å²) in [5, 5.41) is 9.89. The quantitative estimate of drug-likeness (QED) is 0.782. The molecule has 0 unspecified atom stereocenters. The molecule has 1 aliphatic rings. The lowest BCUT2D eigenvalue weighted by molar-refractivity contribution is -0.137. The first-order chi connectivity index (χ1) is 12.1. The number of benzene rings is 1. The number of carboxylic acid groups (broad SMARTS) is 1. The van der Waals surface area contributed by atoms with E-state index in [4.69, 9.17) is 4.98 Å². The predicted molar refractivity (Wildman–Crippen MR) is 97.4 cm³/mol. The highest BCUT2D eigenvalue weighted by Crippen LogP contribution is 2.33. The number of rotatable bonds is 4. The van der Waals surface area contributed by atoms with Crippen molar-refractivity contribution < 1.29 is 9.90 Å². The molecule has 0 fully saturated rings. The highest BCUT2D eigenvalue weighted by Gasteiger charge is 2.22. The van der Waals surface area contributed by atoms with Gasteiger partial charge in [0.2, 0.25) is 0 Å². The standard InChI is InChI=1S/C19H18N2O3S/c22-16(23)11-21-15(10-12-6-2-1-3-7-12)20-18-17(19(21)24)13-8-4-5-9-14(13)25-18/h1-3,6-7H,4-5,8-11H2,(H,22,23). The summed E-state index contributed by atoms with van der Waals surface area (Å²) in [4.78, 5) is 31.1. The highest BCUT2D eigenvalue weighted by atomic mass is 32.1. The second-order valence-corrected chi connectivity index (χ2v) is 7.45. The third-order valence-corrected chi connectivity index (χ3v) is 5.84. The molecule has 3 aromatic rings. The minimum Gasteiger partial charge on any atom is -0.480 e. The van der Waals surface area contributed by atoms with E-state index in [2.05, 4.69) is 0 Å². The van der Waals surface area contributed by atoms with Crippen LogP contribution in [0, 0.1) is 0 Å². The Bertz CT molecular complexity index is 1000. The first-order valence-electron chi connectivity index (χ1n) is 8.43. The molecule has 1 aromatic carbocycles. The zero-order valence-corrected chi connectivity index (χ0v) is 14.5. The molecular formula is C19H18N2O3S. The Balaban J connectivity index is 1.91. The van der Waals surface area contributed by atoms with Crippen molar-refractivity contribution in [1.29, 1.82) is 0 Å². The van der Waals surface area contributed by atoms with E-state index in [0.29, 0.717) is 17.6 Å². The summed E-state index contributed by atoms with van der Waals surface area (Å²) in [6.45, 7) is -0.353. The normalized spacial score (nSPS) is 13.8. The number of aliphatic carboxylic acids is 1. The van der Waals surface area contributed by atoms with Crippen LogP contribution in [0.25, 0.3) is 10.2 Å². The third kappa shape index (κ3) is 2.98. The van der Waals surface area contributed by atoms with Crippen molar-refractivity contribution in [3.05, 3.63) is 62.5 Å². The molecule has 2 aromatic heterocycles. The summed E-state index contributed by atoms with van der Waals surface area (Å²) in [6, 6.07) is 9.70. The van der Waals surface area contributed by atoms with Crippen LogP contribution in [0.2, 0.25) is 0 Å². The van der Waals surface area contributed by atoms with Crippen LogP contribution in [-0.2, 0) is 30.6 Å². The van der Waals surface area contributed by atoms with Gasteiger partial charge in [0, 0.05) is 11.3 Å². The molecule has 4 rings (SSSR count). The summed E-state index contributed by atoms with van der Waals surface area (Å²) in [6.07, 6.45) is 4.53. The van der Waals surface area contributed by atoms with Crippen LogP contribution in [0.1, 0.15) is 34.7 Å². The molecular weight excluding hydrogens is 336 g/mol. The molecule has 0 saturated heterocycles. The Morgan fingerprint density at radius 2 is 1.96 bits per heavy atom. The van der Waals surface area contributed by atoms with E-state index in [1.165, 1.54) is 9.44 Å². The van der Waals surface area contributed by atoms with Gasteiger partial charge in [-0.3, -0.25) is 14.2 Å². The summed E-state index contributed by atoms with van der Waals surface area (Å²) < 4.78 is 1.33. The van der Waals surface area contributed by atoms with Gasteiger partial charge in [0.15, 0.2) is 0 Å². The molecule has 5 nitrogen and oxygen atoms in total. The van der Waals surface area contributed by atoms with Crippen molar-refractivity contribution in [3.8, 4) is 0 Å². The summed E-state index contributed by atoms with van der Waals surface area (Å²) in [5.41, 5.74) is 1.89. The number of aromatic nitrogens is 2. The second kappa shape index (κ2) is 6.44. The van der Waals surface area contributed by atoms with Gasteiger partial charge in [-0.05, 0) is 36.8 Å². The van der Waals surface area contributed by atoms with Crippen LogP contribution in [0.4, 0.5) is 0 Å². The van der Waals surface area contributed by atoms with Gasteiger partial charge < -0.3 is 5.11 Å². The number of fused-ring (bicyclic) bond motifs is 3. The molecule has 25 heavy (non-hydrogen) atoms. The lowest BCUT2D eigenvalue weighted by Gasteiger charge is -2.12. The number of carboxylic acids is 1. The van der Waals surface area contributed by atoms with E-state index >= 15 is 0 Å². The number of carbonyl (C=O) groups is 1. The van der Waals surface area contributed by atoms with E-state index in [1.54, 1.807) is 11.3 Å². The SMILES string of the molecule is O=C(O)Cn1c(Cc2ccccc2)nc2sc3c(c2c1=O)CCCC3. The Morgan fingerprint density at radius 3 is 2.72 bits per heavy atom. The van der Waals surface area contributed by atoms with Gasteiger partial charge in [0.25, 0.3) is 5.56 Å². The van der Waals surface area contributed by atoms with Crippen molar-refractivity contribution in [2.24, 2.45) is 0 Å². The molecule has 6 heteroatoms. The van der Waals surface area contributed by atoms with Crippen LogP contribution in [0.3, 0.4) is 0 Å². The van der Waals surface area contributed by atoms with E-state index in [9.17, 15) is 14.7 Å². The average Bonchev–Trinajstić information content (AvgIpc) is 2.97. The maximum Gasteiger partial charge on any atom is 0.323 e. The van der Waals surface area contributed by atoms with Gasteiger partial charge in [-0.15, -0.1) is 11.3 Å². The molecule has 1 aliphatic carbocycles. The molecule has 0 spiro atoms. The number of nitrogens with zero attached hydrogens (tertiary/aromatic N) is 2. The van der Waals surface area contributed by atoms with Crippen molar-refractivity contribution in [2.45, 2.75) is 38.6 Å². The maximum atomic E-state index is 13.1. The van der Waals surface area contributed by atoms with E-state index < -0.39 is 5.97 Å². The fourth-order valence-corrected chi connectivity index (χ4v) is 4.76. The highest BCUT2D eigenvalue weighted by molar-refractivity contribution is 7.18. The number of thiophene rings is 1. The zero-order valence-electron chi connectivity index (χ0n) is 13.7. The van der Waals surface area contributed by atoms with Crippen LogP contribution < -0.4 is 5.56 Å². The Morgan fingerprint density at radius 1 is 1.20 bits per heavy atom. The van der Waals surface area contributed by atoms with Crippen LogP contribution in [0.15, 0.2) is 35.1 Å². The number of hydrogen-bond acceptors (Lipinski definition) is 4. The number of aryl methyl sites for hydroxylation is 2. The second-order valence-electron chi connectivity index (χ2n) is 6.37. The van der Waals surface area contributed by atoms with E-state index in [1.807, 2.05) is 30.3 Å². The fraction of sp³-hybridized carbons (Fsp3) is 0.316. The zero-order chi connectivity index (χ0) is 17.4. The predicted octanol–water partition coefficient (Wildman–Crippen LogP) is 3.01. The van der Waals surface area contributed by atoms with Gasteiger partial charge in [-0.25, -0.2) is 4.98 Å². The van der Waals surface area contributed by atoms with Crippen molar-refractivity contribution in [1.82, 2.24) is 9.55 Å². The van der Waals surface area contributed by atoms with E-state index in [-0.39, 0.29) is 12.1 Å². The fourth-order valence-electron chi connectivity index (χ4n) is 3.49. The topological polar surface area (TPSA) is 72.2 Å². The molecule has 0 atom stereocenters. The summed E-state index contributed by atoms with van der Waals surface area (Å²) >= 11 is 1.59. The first kappa shape index (κ1) is 16.0. The molecule has 1 N–H and O–H groups in total. The first-order valence-corrected chi connectivity index (χ1v) is 9.25. The Hall–Kier alpha value is -2.47. The van der Waals surface area contributed by atoms with Gasteiger partial charge in [-0.2, -0.15) is 0 Å². The van der Waals surface area contributed by atoms with Gasteiger partial charge in [0.05, 0.1) is 5.39 Å². The Labute approximate surface area is 148 Å². The lowest BCUT2D eigenvalue weighted by atomic mass is 9.97. The summed E-state index contributed by atoms with van der Waals surface area (Å²) in [7, 11) is 0. The average molecular weight is 354 g/mol. The molecule has 128 valence electrons. The minimum absolute atomic E-state index is 0.210. The number of hydrogen-bond donors (Lipinski definition) is 1. The van der Waals surface area contributed by atoms with Crippen molar-refractivity contribution >= 4 is 27.5 Å². The summed E-state index contributed by atoms with van der Waals surface area (Å²) in [5.74, 6) is -0.508. The maximum absolute atomic E-state index is 13.1. The van der Waals surface area contributed by atoms with Crippen molar-refractivity contribution in [2.75, 3.05) is 0 Å². The van der Waals surface area contributed by atoms with Gasteiger partial charge in [-0.1, -0.05) is 30.3 Å². The smallest absolute Gasteiger partial charge is 0.323 e. The third-order valence-electron chi connectivity index (χ3n) is 4.65. The van der Waals surface area contributed by atoms with Crippen LogP contribution >= 0.6 is 11.3 Å². The monoisotopic (exact) mass is 354 g/mol. The van der Waals surface area contributed by atoms with Crippen LogP contribution in [0.5, 0.6) is 0 Å². The van der Waals surface area contributed by atoms with E-state index in [0.717, 1.165) is 41.6 Å². The lowest BCUT2D eigenvalue weighted by Crippen LogP contribution is -2.29. The molecule has 0 aliphatic heterocycles. The molecule has 0 saturated carbocycles. The van der Waals surface area contributed by atoms with Gasteiger partial charge in [0.1, 0.15) is 17.2 Å². The Kier molecular flexibility index (Phi) is 4.13. The molecule has 0 bridgehead atoms. The molecule has 2 heterocycles. The minimum atomic E-state index is -1.03.